The fourth-order valence-electron chi connectivity index (χ4n) is 10.1. The second-order valence-electron chi connectivity index (χ2n) is 16.3. The third-order valence-electron chi connectivity index (χ3n) is 13.3. The number of carboxylic acid groups (broad SMARTS) is 1. The second-order valence-corrected chi connectivity index (χ2v) is 16.3. The molecule has 5 rings (SSSR count). The zero-order valence-electron chi connectivity index (χ0n) is 31.6. The number of amides is 2. The van der Waals surface area contributed by atoms with Crippen LogP contribution in [0.4, 0.5) is 5.69 Å². The highest BCUT2D eigenvalue weighted by Gasteiger charge is 2.66. The van der Waals surface area contributed by atoms with Crippen LogP contribution in [0.1, 0.15) is 115 Å². The van der Waals surface area contributed by atoms with Crippen LogP contribution in [0.3, 0.4) is 0 Å². The summed E-state index contributed by atoms with van der Waals surface area (Å²) in [6.07, 6.45) is 6.94. The van der Waals surface area contributed by atoms with Gasteiger partial charge in [-0.15, -0.1) is 0 Å². The summed E-state index contributed by atoms with van der Waals surface area (Å²) in [5.41, 5.74) is -1.10. The number of ether oxygens (including phenoxy) is 1. The second kappa shape index (κ2) is 17.4. The molecule has 55 heavy (non-hydrogen) atoms. The van der Waals surface area contributed by atoms with Crippen LogP contribution < -0.4 is 15.9 Å². The number of allylic oxidation sites excluding steroid dienone is 1. The lowest BCUT2D eigenvalue weighted by atomic mass is 9.46. The predicted octanol–water partition coefficient (Wildman–Crippen LogP) is 2.52. The number of unbranched alkanes of at least 4 members (excludes halogenated alkanes) is 2. The number of hydrogen-bond acceptors (Lipinski definition) is 11. The molecule has 0 radical (unpaired) electrons. The maximum Gasteiger partial charge on any atom is 0.329 e. The van der Waals surface area contributed by atoms with Crippen molar-refractivity contribution in [1.82, 2.24) is 10.6 Å². The number of fused-ring (bicyclic) bond motifs is 5. The average Bonchev–Trinajstić information content (AvgIpc) is 3.44. The number of nitrogens with one attached hydrogen (secondary N) is 3. The monoisotopic (exact) mass is 769 g/mol. The average molecular weight is 770 g/mol. The van der Waals surface area contributed by atoms with Crippen molar-refractivity contribution in [3.05, 3.63) is 46.7 Å². The van der Waals surface area contributed by atoms with E-state index in [0.717, 1.165) is 38.2 Å². The molecule has 0 aliphatic heterocycles. The summed E-state index contributed by atoms with van der Waals surface area (Å²) < 4.78 is 5.25. The number of aliphatic hydroxyl groups excluding tert-OH is 1. The summed E-state index contributed by atoms with van der Waals surface area (Å²) in [7, 11) is 0. The number of ketones is 2. The Morgan fingerprint density at radius 3 is 2.44 bits per heavy atom. The minimum Gasteiger partial charge on any atom is -0.595 e. The maximum atomic E-state index is 13.5. The van der Waals surface area contributed by atoms with Crippen LogP contribution in [0.5, 0.6) is 0 Å². The maximum absolute atomic E-state index is 13.5. The SMILES string of the molecule is CC12CCC(=O)C=C1CCC1C2CCC2(C)C1CCC2(O)C(=O)COC(=O)CCC(=O)NCCCCCC(=O)NC(C(=O)O)C(O)c1cccc([NH+]([O-])O)c1. The third kappa shape index (κ3) is 9.01. The zero-order chi connectivity index (χ0) is 40.1. The van der Waals surface area contributed by atoms with Gasteiger partial charge >= 0.3 is 11.9 Å². The van der Waals surface area contributed by atoms with Gasteiger partial charge in [-0.1, -0.05) is 38.0 Å². The molecule has 0 bridgehead atoms. The molecule has 9 atom stereocenters. The van der Waals surface area contributed by atoms with Crippen molar-refractivity contribution in [2.24, 2.45) is 28.6 Å². The van der Waals surface area contributed by atoms with E-state index in [1.807, 2.05) is 13.0 Å². The Morgan fingerprint density at radius 1 is 0.964 bits per heavy atom. The van der Waals surface area contributed by atoms with Gasteiger partial charge in [-0.25, -0.2) is 10.0 Å². The summed E-state index contributed by atoms with van der Waals surface area (Å²) in [4.78, 5) is 74.6. The number of esters is 1. The molecule has 0 heterocycles. The number of rotatable bonds is 17. The first-order chi connectivity index (χ1) is 26.0. The normalized spacial score (nSPS) is 30.0. The van der Waals surface area contributed by atoms with E-state index in [1.54, 1.807) is 0 Å². The van der Waals surface area contributed by atoms with Crippen molar-refractivity contribution in [3.63, 3.8) is 0 Å². The predicted molar refractivity (Wildman–Crippen MR) is 195 cm³/mol. The van der Waals surface area contributed by atoms with E-state index < -0.39 is 64.5 Å². The lowest BCUT2D eigenvalue weighted by Crippen LogP contribution is -2.99. The van der Waals surface area contributed by atoms with E-state index in [1.165, 1.54) is 23.8 Å². The van der Waals surface area contributed by atoms with Crippen LogP contribution in [-0.4, -0.2) is 80.6 Å². The first-order valence-corrected chi connectivity index (χ1v) is 19.5. The summed E-state index contributed by atoms with van der Waals surface area (Å²) >= 11 is 0. The van der Waals surface area contributed by atoms with Crippen molar-refractivity contribution in [1.29, 1.82) is 0 Å². The Labute approximate surface area is 320 Å². The van der Waals surface area contributed by atoms with E-state index >= 15 is 0 Å². The van der Waals surface area contributed by atoms with Gasteiger partial charge in [0, 0.05) is 43.4 Å². The lowest BCUT2D eigenvalue weighted by Gasteiger charge is -2.58. The molecule has 15 nitrogen and oxygen atoms in total. The molecule has 9 unspecified atom stereocenters. The first-order valence-electron chi connectivity index (χ1n) is 19.5. The fraction of sp³-hybridized carbons (Fsp3) is 0.650. The minimum absolute atomic E-state index is 0.0206. The Balaban J connectivity index is 0.973. The zero-order valence-corrected chi connectivity index (χ0v) is 31.6. The van der Waals surface area contributed by atoms with E-state index in [0.29, 0.717) is 50.4 Å². The third-order valence-corrected chi connectivity index (χ3v) is 13.3. The van der Waals surface area contributed by atoms with Crippen molar-refractivity contribution in [2.45, 2.75) is 121 Å². The van der Waals surface area contributed by atoms with Crippen LogP contribution in [0.25, 0.3) is 0 Å². The summed E-state index contributed by atoms with van der Waals surface area (Å²) in [6, 6.07) is 3.47. The van der Waals surface area contributed by atoms with Crippen molar-refractivity contribution in [3.8, 4) is 0 Å². The molecule has 0 saturated heterocycles. The van der Waals surface area contributed by atoms with Crippen LogP contribution in [-0.2, 0) is 33.5 Å². The quantitative estimate of drug-likeness (QED) is 0.0687. The Morgan fingerprint density at radius 2 is 1.71 bits per heavy atom. The molecule has 1 aromatic carbocycles. The number of carbonyl (C=O) groups is 6. The number of carbonyl (C=O) groups excluding carboxylic acids is 5. The van der Waals surface area contributed by atoms with Crippen LogP contribution in [0.2, 0.25) is 0 Å². The van der Waals surface area contributed by atoms with Gasteiger partial charge in [0.15, 0.2) is 24.1 Å². The van der Waals surface area contributed by atoms with Gasteiger partial charge in [0.1, 0.15) is 11.7 Å². The highest BCUT2D eigenvalue weighted by atomic mass is 16.8. The Bertz CT molecular complexity index is 1680. The van der Waals surface area contributed by atoms with Gasteiger partial charge in [0.25, 0.3) is 0 Å². The molecule has 3 fully saturated rings. The first kappa shape index (κ1) is 42.1. The Kier molecular flexibility index (Phi) is 13.3. The number of hydrogen-bond donors (Lipinski definition) is 7. The fourth-order valence-corrected chi connectivity index (χ4v) is 10.1. The van der Waals surface area contributed by atoms with Gasteiger partial charge < -0.3 is 35.9 Å². The Hall–Kier alpha value is -4.02. The molecule has 0 spiro atoms. The topological polar surface area (TPSA) is 244 Å². The van der Waals surface area contributed by atoms with Crippen LogP contribution in [0, 0.1) is 33.8 Å². The number of benzene rings is 1. The molecular formula is C40H55N3O12. The molecule has 15 heteroatoms. The number of aliphatic hydroxyl groups is 2. The smallest absolute Gasteiger partial charge is 0.329 e. The molecule has 1 aromatic rings. The minimum atomic E-state index is -1.69. The molecule has 302 valence electrons. The number of Topliss-reactive ketones (excluding diaryl/α,β-unsaturated/α-hetero) is 1. The van der Waals surface area contributed by atoms with Crippen LogP contribution in [0.15, 0.2) is 35.9 Å². The largest absolute Gasteiger partial charge is 0.595 e. The van der Waals surface area contributed by atoms with Gasteiger partial charge in [-0.3, -0.25) is 24.0 Å². The highest BCUT2D eigenvalue weighted by Crippen LogP contribution is 2.67. The summed E-state index contributed by atoms with van der Waals surface area (Å²) in [6.45, 7) is 4.00. The van der Waals surface area contributed by atoms with Gasteiger partial charge in [0.2, 0.25) is 17.6 Å². The van der Waals surface area contributed by atoms with E-state index in [2.05, 4.69) is 17.6 Å². The summed E-state index contributed by atoms with van der Waals surface area (Å²) in [5.74, 6) is -2.59. The van der Waals surface area contributed by atoms with Crippen molar-refractivity contribution in [2.75, 3.05) is 13.2 Å². The van der Waals surface area contributed by atoms with Crippen molar-refractivity contribution >= 4 is 41.0 Å². The molecule has 4 aliphatic rings. The van der Waals surface area contributed by atoms with Crippen molar-refractivity contribution < 1.29 is 59.3 Å². The molecular weight excluding hydrogens is 714 g/mol. The van der Waals surface area contributed by atoms with Crippen LogP contribution >= 0.6 is 0 Å². The number of quaternary nitrogens is 1. The van der Waals surface area contributed by atoms with E-state index in [-0.39, 0.29) is 54.2 Å². The highest BCUT2D eigenvalue weighted by molar-refractivity contribution is 5.92. The molecule has 2 amide bonds. The molecule has 4 aliphatic carbocycles. The molecule has 0 aromatic heterocycles. The van der Waals surface area contributed by atoms with E-state index in [9.17, 15) is 49.3 Å². The van der Waals surface area contributed by atoms with Gasteiger partial charge in [-0.05, 0) is 92.6 Å². The molecule has 7 N–H and O–H groups in total. The van der Waals surface area contributed by atoms with Gasteiger partial charge in [-0.2, -0.15) is 5.23 Å². The summed E-state index contributed by atoms with van der Waals surface area (Å²) in [5, 5.41) is 56.0. The standard InChI is InChI=1S/C40H55N3O12/c1-38-17-14-27(44)22-25(38)10-11-28-29(38)15-18-39(2)30(28)16-19-40(39,52)31(45)23-55-34(48)13-12-32(46)41-20-5-3-4-9-33(47)42-35(37(50)51)36(49)24-7-6-8-26(21-24)43(53)54/h6-8,21-22,28-30,35-36,43,49,52-53H,3-5,9-20,23H2,1-2H3,(H,41,46)(H,42,47)(H,50,51). The van der Waals surface area contributed by atoms with E-state index in [4.69, 9.17) is 9.94 Å². The lowest BCUT2D eigenvalue weighted by molar-refractivity contribution is -0.991. The van der Waals surface area contributed by atoms with Gasteiger partial charge in [0.05, 0.1) is 6.42 Å². The molecule has 3 saturated carbocycles. The number of aliphatic carboxylic acids is 1. The number of carboxylic acids is 1.